The first-order chi connectivity index (χ1) is 12.7. The van der Waals surface area contributed by atoms with E-state index in [9.17, 15) is 4.79 Å². The summed E-state index contributed by atoms with van der Waals surface area (Å²) in [7, 11) is 4.50. The first-order valence-electron chi connectivity index (χ1n) is 8.16. The molecule has 0 radical (unpaired) electrons. The van der Waals surface area contributed by atoms with Gasteiger partial charge in [-0.2, -0.15) is 0 Å². The van der Waals surface area contributed by atoms with Crippen LogP contribution in [0.3, 0.4) is 0 Å². The molecule has 0 N–H and O–H groups in total. The van der Waals surface area contributed by atoms with E-state index in [1.807, 2.05) is 18.2 Å². The van der Waals surface area contributed by atoms with Gasteiger partial charge in [0.1, 0.15) is 13.2 Å². The molecule has 0 bridgehead atoms. The molecule has 6 heteroatoms. The maximum Gasteiger partial charge on any atom is 0.338 e. The first kappa shape index (κ1) is 16.3. The lowest BCUT2D eigenvalue weighted by Gasteiger charge is -2.20. The molecule has 0 aromatic heterocycles. The molecule has 0 amide bonds. The van der Waals surface area contributed by atoms with Crippen molar-refractivity contribution in [1.29, 1.82) is 0 Å². The van der Waals surface area contributed by atoms with Crippen molar-refractivity contribution in [3.8, 4) is 23.0 Å². The second-order valence-corrected chi connectivity index (χ2v) is 5.89. The lowest BCUT2D eigenvalue weighted by Crippen LogP contribution is -2.15. The van der Waals surface area contributed by atoms with E-state index in [0.717, 1.165) is 21.5 Å². The maximum atomic E-state index is 12.4. The van der Waals surface area contributed by atoms with Gasteiger partial charge in [0.05, 0.1) is 26.9 Å². The number of methoxy groups -OCH3 is 3. The zero-order chi connectivity index (χ0) is 18.3. The summed E-state index contributed by atoms with van der Waals surface area (Å²) in [6.45, 7) is 1.01. The topological polar surface area (TPSA) is 63.2 Å². The molecule has 1 heterocycles. The standard InChI is InChI=1S/C20H18O6/c1-22-16-9-13-12-8-19-18(25-4-5-26-19)7-11(12)6-15(20(21)24-3)14(13)10-17(16)23-2/h6-10H,4-5H2,1-3H3. The van der Waals surface area contributed by atoms with Crippen LogP contribution in [0.15, 0.2) is 30.3 Å². The van der Waals surface area contributed by atoms with Gasteiger partial charge in [-0.05, 0) is 46.5 Å². The van der Waals surface area contributed by atoms with Gasteiger partial charge in [-0.25, -0.2) is 4.79 Å². The fraction of sp³-hybridized carbons (Fsp3) is 0.250. The van der Waals surface area contributed by atoms with Gasteiger partial charge in [0.2, 0.25) is 0 Å². The van der Waals surface area contributed by atoms with Crippen molar-refractivity contribution in [1.82, 2.24) is 0 Å². The minimum absolute atomic E-state index is 0.418. The summed E-state index contributed by atoms with van der Waals surface area (Å²) in [6, 6.07) is 9.26. The van der Waals surface area contributed by atoms with E-state index in [2.05, 4.69) is 0 Å². The maximum absolute atomic E-state index is 12.4. The number of esters is 1. The summed E-state index contributed by atoms with van der Waals surface area (Å²) >= 11 is 0. The Balaban J connectivity index is 2.12. The predicted molar refractivity (Wildman–Crippen MR) is 96.9 cm³/mol. The lowest BCUT2D eigenvalue weighted by atomic mass is 9.96. The molecule has 26 heavy (non-hydrogen) atoms. The van der Waals surface area contributed by atoms with Crippen LogP contribution in [0, 0.1) is 0 Å². The molecule has 0 spiro atoms. The molecule has 0 saturated heterocycles. The molecule has 134 valence electrons. The van der Waals surface area contributed by atoms with Gasteiger partial charge in [0.25, 0.3) is 0 Å². The summed E-state index contributed by atoms with van der Waals surface area (Å²) in [5.41, 5.74) is 0.452. The van der Waals surface area contributed by atoms with Crippen molar-refractivity contribution < 1.29 is 28.5 Å². The molecule has 6 nitrogen and oxygen atoms in total. The first-order valence-corrected chi connectivity index (χ1v) is 8.16. The Hall–Kier alpha value is -3.15. The molecule has 1 aliphatic heterocycles. The Labute approximate surface area is 150 Å². The molecule has 0 aliphatic carbocycles. The number of hydrogen-bond acceptors (Lipinski definition) is 6. The molecule has 0 fully saturated rings. The summed E-state index contributed by atoms with van der Waals surface area (Å²) in [6.07, 6.45) is 0. The summed E-state index contributed by atoms with van der Waals surface area (Å²) in [4.78, 5) is 12.4. The van der Waals surface area contributed by atoms with Crippen molar-refractivity contribution in [3.63, 3.8) is 0 Å². The monoisotopic (exact) mass is 354 g/mol. The molecule has 0 atom stereocenters. The second kappa shape index (κ2) is 6.29. The van der Waals surface area contributed by atoms with Crippen LogP contribution in [0.2, 0.25) is 0 Å². The SMILES string of the molecule is COC(=O)c1cc2cc3c(cc2c2cc(OC)c(OC)cc12)OCCO3. The quantitative estimate of drug-likeness (QED) is 0.529. The van der Waals surface area contributed by atoms with Gasteiger partial charge in [-0.15, -0.1) is 0 Å². The Morgan fingerprint density at radius 1 is 0.808 bits per heavy atom. The van der Waals surface area contributed by atoms with Gasteiger partial charge < -0.3 is 23.7 Å². The number of ether oxygens (including phenoxy) is 5. The van der Waals surface area contributed by atoms with Crippen molar-refractivity contribution in [2.24, 2.45) is 0 Å². The van der Waals surface area contributed by atoms with Gasteiger partial charge >= 0.3 is 5.97 Å². The van der Waals surface area contributed by atoms with E-state index in [4.69, 9.17) is 23.7 Å². The van der Waals surface area contributed by atoms with Crippen LogP contribution < -0.4 is 18.9 Å². The smallest absolute Gasteiger partial charge is 0.338 e. The van der Waals surface area contributed by atoms with Crippen molar-refractivity contribution in [2.45, 2.75) is 0 Å². The highest BCUT2D eigenvalue weighted by atomic mass is 16.6. The zero-order valence-corrected chi connectivity index (χ0v) is 14.8. The molecule has 0 saturated carbocycles. The number of carbonyl (C=O) groups excluding carboxylic acids is 1. The Bertz CT molecular complexity index is 1020. The van der Waals surface area contributed by atoms with E-state index >= 15 is 0 Å². The molecule has 4 rings (SSSR count). The third kappa shape index (κ3) is 2.45. The number of fused-ring (bicyclic) bond motifs is 4. The van der Waals surface area contributed by atoms with Crippen molar-refractivity contribution in [2.75, 3.05) is 34.5 Å². The predicted octanol–water partition coefficient (Wildman–Crippen LogP) is 3.57. The highest BCUT2D eigenvalue weighted by Gasteiger charge is 2.20. The van der Waals surface area contributed by atoms with Gasteiger partial charge in [0, 0.05) is 5.39 Å². The highest BCUT2D eigenvalue weighted by molar-refractivity contribution is 6.17. The van der Waals surface area contributed by atoms with Crippen LogP contribution in [0.4, 0.5) is 0 Å². The van der Waals surface area contributed by atoms with Crippen LogP contribution in [-0.2, 0) is 4.74 Å². The Morgan fingerprint density at radius 3 is 2.04 bits per heavy atom. The fourth-order valence-electron chi connectivity index (χ4n) is 3.29. The average Bonchev–Trinajstić information content (AvgIpc) is 2.70. The number of carbonyl (C=O) groups is 1. The Morgan fingerprint density at radius 2 is 1.42 bits per heavy atom. The molecular weight excluding hydrogens is 336 g/mol. The average molecular weight is 354 g/mol. The molecular formula is C20H18O6. The lowest BCUT2D eigenvalue weighted by molar-refractivity contribution is 0.0603. The van der Waals surface area contributed by atoms with Crippen LogP contribution in [-0.4, -0.2) is 40.5 Å². The minimum atomic E-state index is -0.418. The minimum Gasteiger partial charge on any atom is -0.493 e. The number of hydrogen-bond donors (Lipinski definition) is 0. The fourth-order valence-corrected chi connectivity index (χ4v) is 3.29. The molecule has 1 aliphatic rings. The third-order valence-electron chi connectivity index (χ3n) is 4.52. The van der Waals surface area contributed by atoms with E-state index in [1.165, 1.54) is 7.11 Å². The van der Waals surface area contributed by atoms with Crippen LogP contribution in [0.1, 0.15) is 10.4 Å². The number of rotatable bonds is 3. The van der Waals surface area contributed by atoms with E-state index in [1.54, 1.807) is 26.4 Å². The normalized spacial score (nSPS) is 12.9. The van der Waals surface area contributed by atoms with Crippen molar-refractivity contribution >= 4 is 27.5 Å². The van der Waals surface area contributed by atoms with E-state index in [0.29, 0.717) is 41.8 Å². The van der Waals surface area contributed by atoms with Crippen molar-refractivity contribution in [3.05, 3.63) is 35.9 Å². The summed E-state index contributed by atoms with van der Waals surface area (Å²) in [5, 5.41) is 3.35. The zero-order valence-electron chi connectivity index (χ0n) is 14.8. The van der Waals surface area contributed by atoms with Gasteiger partial charge in [-0.1, -0.05) is 0 Å². The molecule has 0 unspecified atom stereocenters. The Kier molecular flexibility index (Phi) is 3.95. The van der Waals surface area contributed by atoms with Gasteiger partial charge in [0.15, 0.2) is 23.0 Å². The van der Waals surface area contributed by atoms with Crippen LogP contribution in [0.5, 0.6) is 23.0 Å². The van der Waals surface area contributed by atoms with Crippen LogP contribution in [0.25, 0.3) is 21.5 Å². The third-order valence-corrected chi connectivity index (χ3v) is 4.52. The van der Waals surface area contributed by atoms with E-state index < -0.39 is 5.97 Å². The summed E-state index contributed by atoms with van der Waals surface area (Å²) < 4.78 is 27.2. The molecule has 3 aromatic carbocycles. The van der Waals surface area contributed by atoms with Gasteiger partial charge in [-0.3, -0.25) is 0 Å². The summed E-state index contributed by atoms with van der Waals surface area (Å²) in [5.74, 6) is 2.06. The number of benzene rings is 3. The molecule has 3 aromatic rings. The second-order valence-electron chi connectivity index (χ2n) is 5.89. The van der Waals surface area contributed by atoms with Crippen LogP contribution >= 0.6 is 0 Å². The van der Waals surface area contributed by atoms with E-state index in [-0.39, 0.29) is 0 Å². The highest BCUT2D eigenvalue weighted by Crippen LogP contribution is 2.42. The largest absolute Gasteiger partial charge is 0.493 e.